The van der Waals surface area contributed by atoms with Crippen molar-refractivity contribution in [1.29, 1.82) is 0 Å². The first-order valence-corrected chi connectivity index (χ1v) is 6.01. The summed E-state index contributed by atoms with van der Waals surface area (Å²) in [6, 6.07) is 0. The second kappa shape index (κ2) is 7.78. The van der Waals surface area contributed by atoms with Gasteiger partial charge in [0.2, 0.25) is 0 Å². The topological polar surface area (TPSA) is 60.4 Å². The van der Waals surface area contributed by atoms with Gasteiger partial charge in [0.15, 0.2) is 5.90 Å². The molecular weight excluding hydrogens is 248 g/mol. The summed E-state index contributed by atoms with van der Waals surface area (Å²) in [5.41, 5.74) is 0.0420. The number of rotatable bonds is 5. The van der Waals surface area contributed by atoms with E-state index in [-0.39, 0.29) is 0 Å². The number of carbonyl (C=O) groups is 1. The van der Waals surface area contributed by atoms with Crippen LogP contribution in [-0.2, 0) is 14.3 Å². The first-order chi connectivity index (χ1) is 8.69. The summed E-state index contributed by atoms with van der Waals surface area (Å²) in [5, 5.41) is 1.13. The predicted octanol–water partition coefficient (Wildman–Crippen LogP) is 2.75. The third-order valence-corrected chi connectivity index (χ3v) is 2.03. The molecule has 6 heteroatoms. The summed E-state index contributed by atoms with van der Waals surface area (Å²) in [6.07, 6.45) is -0.0661. The molecule has 0 unspecified atom stereocenters. The first kappa shape index (κ1) is 17.4. The molecule has 0 N–H and O–H groups in total. The fraction of sp³-hybridized carbons (Fsp3) is 0.692. The van der Waals surface area contributed by atoms with Crippen LogP contribution in [0.5, 0.6) is 0 Å². The van der Waals surface area contributed by atoms with Crippen LogP contribution in [0.2, 0.25) is 0 Å². The van der Waals surface area contributed by atoms with Crippen molar-refractivity contribution in [2.24, 2.45) is 4.99 Å². The Morgan fingerprint density at radius 1 is 1.32 bits per heavy atom. The van der Waals surface area contributed by atoms with Crippen LogP contribution in [0.15, 0.2) is 17.3 Å². The molecule has 1 amide bonds. The number of amides is 1. The number of aliphatic imine (C=N–C) groups is 1. The first-order valence-electron chi connectivity index (χ1n) is 6.01. The molecular formula is C13H24N2O4. The van der Waals surface area contributed by atoms with Gasteiger partial charge in [-0.05, 0) is 20.8 Å². The normalized spacial score (nSPS) is 12.0. The number of hydrogen-bond donors (Lipinski definition) is 0. The Balaban J connectivity index is 4.35. The molecule has 0 aromatic rings. The van der Waals surface area contributed by atoms with Gasteiger partial charge in [-0.2, -0.15) is 5.06 Å². The summed E-state index contributed by atoms with van der Waals surface area (Å²) in [6.45, 7) is 11.2. The van der Waals surface area contributed by atoms with Gasteiger partial charge >= 0.3 is 6.09 Å². The summed E-state index contributed by atoms with van der Waals surface area (Å²) >= 11 is 0. The van der Waals surface area contributed by atoms with E-state index in [1.165, 1.54) is 14.2 Å². The van der Waals surface area contributed by atoms with E-state index in [0.717, 1.165) is 5.06 Å². The molecule has 0 saturated carbocycles. The second-order valence-corrected chi connectivity index (χ2v) is 4.92. The van der Waals surface area contributed by atoms with Crippen molar-refractivity contribution in [3.8, 4) is 0 Å². The molecule has 0 fully saturated rings. The SMILES string of the molecule is C=C(CCN(OC)C(=O)OC(C)(C)C)N=C(C)OC. The second-order valence-electron chi connectivity index (χ2n) is 4.92. The Kier molecular flexibility index (Phi) is 7.14. The lowest BCUT2D eigenvalue weighted by molar-refractivity contribution is -0.123. The average Bonchev–Trinajstić information content (AvgIpc) is 2.27. The van der Waals surface area contributed by atoms with Gasteiger partial charge in [0.25, 0.3) is 0 Å². The Hall–Kier alpha value is -1.56. The van der Waals surface area contributed by atoms with Gasteiger partial charge in [-0.3, -0.25) is 4.84 Å². The number of carbonyl (C=O) groups excluding carboxylic acids is 1. The summed E-state index contributed by atoms with van der Waals surface area (Å²) in [4.78, 5) is 20.8. The lowest BCUT2D eigenvalue weighted by Crippen LogP contribution is -2.36. The van der Waals surface area contributed by atoms with Gasteiger partial charge in [-0.1, -0.05) is 6.58 Å². The zero-order chi connectivity index (χ0) is 15.1. The molecule has 0 aliphatic rings. The van der Waals surface area contributed by atoms with Crippen LogP contribution in [0.1, 0.15) is 34.1 Å². The molecule has 0 aromatic heterocycles. The Morgan fingerprint density at radius 2 is 1.89 bits per heavy atom. The molecule has 0 atom stereocenters. The maximum absolute atomic E-state index is 11.8. The van der Waals surface area contributed by atoms with Crippen LogP contribution in [0.25, 0.3) is 0 Å². The molecule has 0 bridgehead atoms. The average molecular weight is 272 g/mol. The highest BCUT2D eigenvalue weighted by atomic mass is 16.7. The standard InChI is InChI=1S/C13H24N2O4/c1-10(14-11(2)17-6)8-9-15(18-7)12(16)19-13(3,4)5/h1,8-9H2,2-7H3. The van der Waals surface area contributed by atoms with Crippen molar-refractivity contribution in [3.05, 3.63) is 12.3 Å². The molecule has 19 heavy (non-hydrogen) atoms. The van der Waals surface area contributed by atoms with Crippen molar-refractivity contribution in [2.45, 2.75) is 39.7 Å². The number of hydrogen-bond acceptors (Lipinski definition) is 5. The van der Waals surface area contributed by atoms with Crippen molar-refractivity contribution < 1.29 is 19.1 Å². The summed E-state index contributed by atoms with van der Waals surface area (Å²) in [5.74, 6) is 0.520. The maximum Gasteiger partial charge on any atom is 0.434 e. The lowest BCUT2D eigenvalue weighted by atomic mass is 10.2. The van der Waals surface area contributed by atoms with E-state index in [2.05, 4.69) is 11.6 Å². The van der Waals surface area contributed by atoms with Gasteiger partial charge in [0, 0.05) is 19.0 Å². The molecule has 110 valence electrons. The third-order valence-electron chi connectivity index (χ3n) is 2.03. The van der Waals surface area contributed by atoms with Gasteiger partial charge in [0.05, 0.1) is 20.8 Å². The van der Waals surface area contributed by atoms with Crippen molar-refractivity contribution in [3.63, 3.8) is 0 Å². The fourth-order valence-electron chi connectivity index (χ4n) is 1.12. The zero-order valence-electron chi connectivity index (χ0n) is 12.6. The monoisotopic (exact) mass is 272 g/mol. The zero-order valence-corrected chi connectivity index (χ0v) is 12.6. The summed E-state index contributed by atoms with van der Waals surface area (Å²) < 4.78 is 10.1. The smallest absolute Gasteiger partial charge is 0.434 e. The van der Waals surface area contributed by atoms with Crippen LogP contribution in [-0.4, -0.2) is 43.4 Å². The minimum Gasteiger partial charge on any atom is -0.484 e. The van der Waals surface area contributed by atoms with E-state index in [0.29, 0.717) is 24.6 Å². The summed E-state index contributed by atoms with van der Waals surface area (Å²) in [7, 11) is 2.95. The van der Waals surface area contributed by atoms with E-state index >= 15 is 0 Å². The highest BCUT2D eigenvalue weighted by Gasteiger charge is 2.22. The number of nitrogens with zero attached hydrogens (tertiary/aromatic N) is 2. The number of hydroxylamine groups is 2. The van der Waals surface area contributed by atoms with Gasteiger partial charge in [0.1, 0.15) is 5.60 Å². The number of methoxy groups -OCH3 is 1. The minimum absolute atomic E-state index is 0.310. The van der Waals surface area contributed by atoms with Crippen molar-refractivity contribution >= 4 is 12.0 Å². The maximum atomic E-state index is 11.8. The van der Waals surface area contributed by atoms with Crippen LogP contribution >= 0.6 is 0 Å². The molecule has 0 aliphatic heterocycles. The molecule has 0 spiro atoms. The van der Waals surface area contributed by atoms with E-state index in [9.17, 15) is 4.79 Å². The van der Waals surface area contributed by atoms with Crippen molar-refractivity contribution in [2.75, 3.05) is 20.8 Å². The third kappa shape index (κ3) is 8.20. The molecule has 0 saturated heterocycles. The van der Waals surface area contributed by atoms with Gasteiger partial charge in [-0.25, -0.2) is 9.79 Å². The molecule has 0 rings (SSSR count). The van der Waals surface area contributed by atoms with E-state index in [1.54, 1.807) is 27.7 Å². The van der Waals surface area contributed by atoms with Crippen molar-refractivity contribution in [1.82, 2.24) is 5.06 Å². The molecule has 6 nitrogen and oxygen atoms in total. The molecule has 0 aliphatic carbocycles. The molecule has 0 radical (unpaired) electrons. The fourth-order valence-corrected chi connectivity index (χ4v) is 1.12. The predicted molar refractivity (Wildman–Crippen MR) is 73.8 cm³/mol. The van der Waals surface area contributed by atoms with Crippen LogP contribution < -0.4 is 0 Å². The van der Waals surface area contributed by atoms with Crippen LogP contribution in [0.4, 0.5) is 4.79 Å². The van der Waals surface area contributed by atoms with Gasteiger partial charge in [-0.15, -0.1) is 0 Å². The molecule has 0 aromatic carbocycles. The number of ether oxygens (including phenoxy) is 2. The Morgan fingerprint density at radius 3 is 2.32 bits per heavy atom. The Bertz CT molecular complexity index is 345. The lowest BCUT2D eigenvalue weighted by Gasteiger charge is -2.25. The minimum atomic E-state index is -0.560. The quantitative estimate of drug-likeness (QED) is 0.438. The van der Waals surface area contributed by atoms with Crippen LogP contribution in [0, 0.1) is 0 Å². The highest BCUT2D eigenvalue weighted by Crippen LogP contribution is 2.11. The Labute approximate surface area is 115 Å². The van der Waals surface area contributed by atoms with Gasteiger partial charge < -0.3 is 9.47 Å². The van der Waals surface area contributed by atoms with E-state index in [4.69, 9.17) is 14.3 Å². The molecule has 0 heterocycles. The van der Waals surface area contributed by atoms with E-state index < -0.39 is 11.7 Å². The largest absolute Gasteiger partial charge is 0.484 e. The van der Waals surface area contributed by atoms with E-state index in [1.807, 2.05) is 0 Å². The highest BCUT2D eigenvalue weighted by molar-refractivity contribution is 5.74. The van der Waals surface area contributed by atoms with Crippen LogP contribution in [0.3, 0.4) is 0 Å².